The van der Waals surface area contributed by atoms with Gasteiger partial charge in [-0.05, 0) is 48.5 Å². The summed E-state index contributed by atoms with van der Waals surface area (Å²) in [4.78, 5) is 29.4. The molecule has 2 aliphatic rings. The van der Waals surface area contributed by atoms with Gasteiger partial charge in [-0.2, -0.15) is 0 Å². The third kappa shape index (κ3) is 4.45. The number of amides is 2. The van der Waals surface area contributed by atoms with E-state index in [0.29, 0.717) is 30.1 Å². The fourth-order valence-electron chi connectivity index (χ4n) is 4.31. The molecule has 8 heteroatoms. The first-order valence-electron chi connectivity index (χ1n) is 11.1. The monoisotopic (exact) mass is 461 g/mol. The summed E-state index contributed by atoms with van der Waals surface area (Å²) in [6, 6.07) is 22.6. The maximum absolute atomic E-state index is 13.6. The molecule has 1 spiro atoms. The molecule has 174 valence electrons. The van der Waals surface area contributed by atoms with E-state index < -0.39 is 11.7 Å². The highest BCUT2D eigenvalue weighted by Gasteiger charge is 2.49. The van der Waals surface area contributed by atoms with E-state index in [-0.39, 0.29) is 31.4 Å². The van der Waals surface area contributed by atoms with Gasteiger partial charge in [-0.25, -0.2) is 9.18 Å². The first-order valence-corrected chi connectivity index (χ1v) is 11.1. The fraction of sp³-hybridized carbons (Fsp3) is 0.231. The van der Waals surface area contributed by atoms with Crippen LogP contribution in [0.1, 0.15) is 10.4 Å². The molecule has 34 heavy (non-hydrogen) atoms. The number of anilines is 3. The normalized spacial score (nSPS) is 20.2. The van der Waals surface area contributed by atoms with Crippen molar-refractivity contribution in [2.24, 2.45) is 0 Å². The van der Waals surface area contributed by atoms with E-state index in [1.165, 1.54) is 29.2 Å². The summed E-state index contributed by atoms with van der Waals surface area (Å²) in [5, 5.41) is 3.31. The second-order valence-corrected chi connectivity index (χ2v) is 8.43. The zero-order valence-electron chi connectivity index (χ0n) is 18.4. The van der Waals surface area contributed by atoms with Crippen molar-refractivity contribution in [1.82, 2.24) is 4.90 Å². The SMILES string of the molecule is O=C(c1ccccc1Nc1ccccc1)N1CCOCC2(C1)CN(c1ccc(F)cc1)C(=O)O2. The van der Waals surface area contributed by atoms with E-state index in [1.54, 1.807) is 11.0 Å². The minimum absolute atomic E-state index is 0.171. The molecular formula is C26H24FN3O4. The molecule has 3 aromatic carbocycles. The molecule has 1 N–H and O–H groups in total. The Morgan fingerprint density at radius 2 is 1.68 bits per heavy atom. The number of hydrogen-bond acceptors (Lipinski definition) is 5. The lowest BCUT2D eigenvalue weighted by atomic mass is 10.0. The maximum Gasteiger partial charge on any atom is 0.415 e. The van der Waals surface area contributed by atoms with Crippen LogP contribution in [0.15, 0.2) is 78.9 Å². The smallest absolute Gasteiger partial charge is 0.415 e. The van der Waals surface area contributed by atoms with Crippen LogP contribution in [0.4, 0.5) is 26.2 Å². The van der Waals surface area contributed by atoms with Crippen LogP contribution in [0.2, 0.25) is 0 Å². The molecule has 0 saturated carbocycles. The largest absolute Gasteiger partial charge is 0.436 e. The van der Waals surface area contributed by atoms with Crippen molar-refractivity contribution in [2.45, 2.75) is 5.60 Å². The first kappa shape index (κ1) is 21.9. The number of nitrogens with one attached hydrogen (secondary N) is 1. The summed E-state index contributed by atoms with van der Waals surface area (Å²) in [6.07, 6.45) is -0.546. The van der Waals surface area contributed by atoms with Crippen molar-refractivity contribution in [3.8, 4) is 0 Å². The van der Waals surface area contributed by atoms with E-state index in [2.05, 4.69) is 5.32 Å². The molecule has 7 nitrogen and oxygen atoms in total. The molecule has 2 saturated heterocycles. The van der Waals surface area contributed by atoms with Crippen LogP contribution in [0.25, 0.3) is 0 Å². The van der Waals surface area contributed by atoms with Crippen molar-refractivity contribution >= 4 is 29.1 Å². The van der Waals surface area contributed by atoms with E-state index in [4.69, 9.17) is 9.47 Å². The number of carbonyl (C=O) groups excluding carboxylic acids is 2. The molecular weight excluding hydrogens is 437 g/mol. The molecule has 3 aromatic rings. The Morgan fingerprint density at radius 3 is 2.47 bits per heavy atom. The average Bonchev–Trinajstić information content (AvgIpc) is 3.03. The summed E-state index contributed by atoms with van der Waals surface area (Å²) in [5.41, 5.74) is 1.60. The highest BCUT2D eigenvalue weighted by Crippen LogP contribution is 2.32. The van der Waals surface area contributed by atoms with Gasteiger partial charge in [0.25, 0.3) is 5.91 Å². The minimum Gasteiger partial charge on any atom is -0.436 e. The highest BCUT2D eigenvalue weighted by molar-refractivity contribution is 6.00. The van der Waals surface area contributed by atoms with Gasteiger partial charge in [0.1, 0.15) is 5.82 Å². The minimum atomic E-state index is -1.01. The Labute approximate surface area is 196 Å². The van der Waals surface area contributed by atoms with Crippen molar-refractivity contribution in [2.75, 3.05) is 43.1 Å². The van der Waals surface area contributed by atoms with Crippen molar-refractivity contribution in [3.63, 3.8) is 0 Å². The summed E-state index contributed by atoms with van der Waals surface area (Å²) in [5.74, 6) is -0.566. The van der Waals surface area contributed by atoms with Crippen molar-refractivity contribution < 1.29 is 23.5 Å². The Balaban J connectivity index is 1.38. The lowest BCUT2D eigenvalue weighted by molar-refractivity contribution is -0.0140. The van der Waals surface area contributed by atoms with E-state index >= 15 is 0 Å². The summed E-state index contributed by atoms with van der Waals surface area (Å²) >= 11 is 0. The topological polar surface area (TPSA) is 71.1 Å². The summed E-state index contributed by atoms with van der Waals surface area (Å²) < 4.78 is 24.9. The quantitative estimate of drug-likeness (QED) is 0.622. The number of para-hydroxylation sites is 2. The Hall–Kier alpha value is -3.91. The molecule has 1 atom stereocenters. The molecule has 1 unspecified atom stereocenters. The molecule has 0 bridgehead atoms. The number of carbonyl (C=O) groups is 2. The van der Waals surface area contributed by atoms with Crippen LogP contribution in [0, 0.1) is 5.82 Å². The van der Waals surface area contributed by atoms with Crippen LogP contribution in [-0.2, 0) is 9.47 Å². The highest BCUT2D eigenvalue weighted by atomic mass is 19.1. The Morgan fingerprint density at radius 1 is 0.941 bits per heavy atom. The molecule has 0 aromatic heterocycles. The zero-order chi connectivity index (χ0) is 23.5. The van der Waals surface area contributed by atoms with Gasteiger partial charge in [0.15, 0.2) is 5.60 Å². The van der Waals surface area contributed by atoms with Gasteiger partial charge in [-0.3, -0.25) is 9.69 Å². The van der Waals surface area contributed by atoms with Gasteiger partial charge < -0.3 is 19.7 Å². The summed E-state index contributed by atoms with van der Waals surface area (Å²) in [6.45, 7) is 1.26. The predicted molar refractivity (Wildman–Crippen MR) is 126 cm³/mol. The Kier molecular flexibility index (Phi) is 5.90. The molecule has 2 aliphatic heterocycles. The lowest BCUT2D eigenvalue weighted by Crippen LogP contribution is -2.49. The maximum atomic E-state index is 13.6. The third-order valence-electron chi connectivity index (χ3n) is 5.96. The molecule has 0 aliphatic carbocycles. The average molecular weight is 461 g/mol. The van der Waals surface area contributed by atoms with Gasteiger partial charge >= 0.3 is 6.09 Å². The molecule has 2 heterocycles. The van der Waals surface area contributed by atoms with Crippen molar-refractivity contribution in [1.29, 1.82) is 0 Å². The fourth-order valence-corrected chi connectivity index (χ4v) is 4.31. The second-order valence-electron chi connectivity index (χ2n) is 8.43. The number of ether oxygens (including phenoxy) is 2. The summed E-state index contributed by atoms with van der Waals surface area (Å²) in [7, 11) is 0. The molecule has 2 amide bonds. The number of hydrogen-bond donors (Lipinski definition) is 1. The first-order chi connectivity index (χ1) is 16.5. The molecule has 5 rings (SSSR count). The molecule has 2 fully saturated rings. The number of benzene rings is 3. The van der Waals surface area contributed by atoms with Gasteiger partial charge in [-0.15, -0.1) is 0 Å². The van der Waals surface area contributed by atoms with Crippen LogP contribution in [0.5, 0.6) is 0 Å². The van der Waals surface area contributed by atoms with Gasteiger partial charge in [0.2, 0.25) is 0 Å². The third-order valence-corrected chi connectivity index (χ3v) is 5.96. The van der Waals surface area contributed by atoms with Gasteiger partial charge in [0, 0.05) is 17.9 Å². The number of nitrogens with zero attached hydrogens (tertiary/aromatic N) is 2. The van der Waals surface area contributed by atoms with Gasteiger partial charge in [0.05, 0.1) is 37.6 Å². The van der Waals surface area contributed by atoms with Crippen LogP contribution >= 0.6 is 0 Å². The van der Waals surface area contributed by atoms with E-state index in [1.807, 2.05) is 48.5 Å². The zero-order valence-corrected chi connectivity index (χ0v) is 18.4. The standard InChI is InChI=1S/C26H24FN3O4/c27-19-10-12-21(13-11-19)30-17-26(34-25(30)32)16-29(14-15-33-18-26)24(31)22-8-4-5-9-23(22)28-20-6-2-1-3-7-20/h1-13,28H,14-18H2. The second kappa shape index (κ2) is 9.15. The van der Waals surface area contributed by atoms with Gasteiger partial charge in [-0.1, -0.05) is 30.3 Å². The molecule has 0 radical (unpaired) electrons. The van der Waals surface area contributed by atoms with Crippen molar-refractivity contribution in [3.05, 3.63) is 90.2 Å². The Bertz CT molecular complexity index is 1190. The van der Waals surface area contributed by atoms with Crippen LogP contribution in [-0.4, -0.2) is 55.3 Å². The van der Waals surface area contributed by atoms with Crippen LogP contribution < -0.4 is 10.2 Å². The number of halogens is 1. The lowest BCUT2D eigenvalue weighted by Gasteiger charge is -2.30. The van der Waals surface area contributed by atoms with Crippen LogP contribution in [0.3, 0.4) is 0 Å². The van der Waals surface area contributed by atoms with E-state index in [9.17, 15) is 14.0 Å². The number of rotatable bonds is 4. The predicted octanol–water partition coefficient (Wildman–Crippen LogP) is 4.44. The van der Waals surface area contributed by atoms with E-state index in [0.717, 1.165) is 5.69 Å².